The molecule has 0 aliphatic carbocycles. The first-order chi connectivity index (χ1) is 14.9. The minimum absolute atomic E-state index is 0.102. The van der Waals surface area contributed by atoms with E-state index in [9.17, 15) is 4.79 Å². The molecule has 1 N–H and O–H groups in total. The van der Waals surface area contributed by atoms with Crippen LogP contribution < -0.4 is 10.2 Å². The fourth-order valence-electron chi connectivity index (χ4n) is 3.71. The van der Waals surface area contributed by atoms with E-state index in [4.69, 9.17) is 46.4 Å². The lowest BCUT2D eigenvalue weighted by Gasteiger charge is -2.43. The summed E-state index contributed by atoms with van der Waals surface area (Å²) in [5.41, 5.74) is 2.57. The maximum atomic E-state index is 13.0. The average molecular weight is 495 g/mol. The van der Waals surface area contributed by atoms with Gasteiger partial charge in [0.15, 0.2) is 0 Å². The van der Waals surface area contributed by atoms with Crippen LogP contribution in [0.4, 0.5) is 16.2 Å². The number of rotatable bonds is 3. The lowest BCUT2D eigenvalue weighted by molar-refractivity contribution is 0.198. The van der Waals surface area contributed by atoms with E-state index < -0.39 is 0 Å². The van der Waals surface area contributed by atoms with E-state index in [1.807, 2.05) is 42.5 Å². The molecule has 1 atom stereocenters. The van der Waals surface area contributed by atoms with Crippen molar-refractivity contribution < 1.29 is 4.79 Å². The largest absolute Gasteiger partial charge is 0.360 e. The molecule has 0 aromatic heterocycles. The van der Waals surface area contributed by atoms with Crippen molar-refractivity contribution in [3.8, 4) is 0 Å². The maximum absolute atomic E-state index is 13.0. The van der Waals surface area contributed by atoms with Crippen LogP contribution in [0.3, 0.4) is 0 Å². The van der Waals surface area contributed by atoms with E-state index in [1.54, 1.807) is 29.2 Å². The van der Waals surface area contributed by atoms with Crippen LogP contribution in [0.2, 0.25) is 20.1 Å². The van der Waals surface area contributed by atoms with E-state index in [2.05, 4.69) is 10.2 Å². The summed E-state index contributed by atoms with van der Waals surface area (Å²) in [6.07, 6.45) is 0. The molecule has 1 aliphatic heterocycles. The van der Waals surface area contributed by atoms with Crippen LogP contribution >= 0.6 is 46.4 Å². The van der Waals surface area contributed by atoms with E-state index >= 15 is 0 Å². The molecule has 8 heteroatoms. The monoisotopic (exact) mass is 493 g/mol. The summed E-state index contributed by atoms with van der Waals surface area (Å²) in [5, 5.41) is 5.31. The molecule has 1 aliphatic rings. The number of nitrogens with zero attached hydrogens (tertiary/aromatic N) is 2. The summed E-state index contributed by atoms with van der Waals surface area (Å²) < 4.78 is 0. The lowest BCUT2D eigenvalue weighted by Crippen LogP contribution is -2.51. The fourth-order valence-corrected chi connectivity index (χ4v) is 4.54. The van der Waals surface area contributed by atoms with Crippen molar-refractivity contribution in [1.82, 2.24) is 4.90 Å². The number of carbonyl (C=O) groups excluding carboxylic acids is 1. The minimum Gasteiger partial charge on any atom is -0.360 e. The molecule has 4 nitrogen and oxygen atoms in total. The highest BCUT2D eigenvalue weighted by atomic mass is 35.5. The molecular weight excluding hydrogens is 476 g/mol. The molecule has 1 unspecified atom stereocenters. The average Bonchev–Trinajstić information content (AvgIpc) is 2.74. The number of piperazine rings is 1. The SMILES string of the molecule is O=C(Nc1cccc(Cl)c1)N1CCN(c2ccc(Cl)cc2Cl)C(c2ccc(Cl)cc2)C1. The highest BCUT2D eigenvalue weighted by molar-refractivity contribution is 6.36. The molecule has 160 valence electrons. The molecule has 1 saturated heterocycles. The van der Waals surface area contributed by atoms with Crippen molar-refractivity contribution >= 4 is 63.8 Å². The number of urea groups is 1. The topological polar surface area (TPSA) is 35.6 Å². The lowest BCUT2D eigenvalue weighted by atomic mass is 10.0. The number of amides is 2. The number of hydrogen-bond acceptors (Lipinski definition) is 2. The molecule has 0 spiro atoms. The third kappa shape index (κ3) is 5.21. The molecule has 2 amide bonds. The first kappa shape index (κ1) is 22.1. The molecule has 3 aromatic rings. The van der Waals surface area contributed by atoms with Crippen LogP contribution in [0.25, 0.3) is 0 Å². The van der Waals surface area contributed by atoms with Gasteiger partial charge in [-0.15, -0.1) is 0 Å². The van der Waals surface area contributed by atoms with Crippen LogP contribution in [0, 0.1) is 0 Å². The van der Waals surface area contributed by atoms with E-state index in [0.717, 1.165) is 11.3 Å². The quantitative estimate of drug-likeness (QED) is 0.411. The zero-order chi connectivity index (χ0) is 22.0. The summed E-state index contributed by atoms with van der Waals surface area (Å²) in [4.78, 5) is 16.9. The number of halogens is 4. The first-order valence-electron chi connectivity index (χ1n) is 9.69. The van der Waals surface area contributed by atoms with Gasteiger partial charge in [-0.2, -0.15) is 0 Å². The second kappa shape index (κ2) is 9.58. The van der Waals surface area contributed by atoms with Gasteiger partial charge >= 0.3 is 6.03 Å². The van der Waals surface area contributed by atoms with Gasteiger partial charge in [0, 0.05) is 40.4 Å². The van der Waals surface area contributed by atoms with Crippen molar-refractivity contribution in [2.24, 2.45) is 0 Å². The van der Waals surface area contributed by atoms with Crippen molar-refractivity contribution in [2.75, 3.05) is 29.9 Å². The third-order valence-electron chi connectivity index (χ3n) is 5.22. The number of hydrogen-bond donors (Lipinski definition) is 1. The predicted molar refractivity (Wildman–Crippen MR) is 130 cm³/mol. The van der Waals surface area contributed by atoms with Crippen LogP contribution in [0.15, 0.2) is 66.7 Å². The van der Waals surface area contributed by atoms with Gasteiger partial charge in [-0.25, -0.2) is 4.79 Å². The standard InChI is InChI=1S/C23H19Cl4N3O/c24-16-6-4-15(5-7-16)22-14-29(23(31)28-19-3-1-2-17(25)12-19)10-11-30(22)21-9-8-18(26)13-20(21)27/h1-9,12-13,22H,10-11,14H2,(H,28,31). The van der Waals surface area contributed by atoms with Crippen molar-refractivity contribution in [2.45, 2.75) is 6.04 Å². The third-order valence-corrected chi connectivity index (χ3v) is 6.24. The molecule has 1 fully saturated rings. The smallest absolute Gasteiger partial charge is 0.321 e. The Morgan fingerprint density at radius 1 is 0.839 bits per heavy atom. The van der Waals surface area contributed by atoms with Crippen LogP contribution in [0.5, 0.6) is 0 Å². The van der Waals surface area contributed by atoms with Gasteiger partial charge in [-0.1, -0.05) is 64.6 Å². The summed E-state index contributed by atoms with van der Waals surface area (Å²) >= 11 is 24.7. The molecular formula is C23H19Cl4N3O. The Labute approximate surface area is 201 Å². The van der Waals surface area contributed by atoms with Crippen molar-refractivity contribution in [3.63, 3.8) is 0 Å². The molecule has 0 radical (unpaired) electrons. The van der Waals surface area contributed by atoms with Crippen molar-refractivity contribution in [1.29, 1.82) is 0 Å². The number of nitrogens with one attached hydrogen (secondary N) is 1. The second-order valence-corrected chi connectivity index (χ2v) is 8.96. The van der Waals surface area contributed by atoms with Gasteiger partial charge < -0.3 is 15.1 Å². The Morgan fingerprint density at radius 2 is 1.55 bits per heavy atom. The van der Waals surface area contributed by atoms with Gasteiger partial charge in [0.05, 0.1) is 16.8 Å². The van der Waals surface area contributed by atoms with Gasteiger partial charge in [-0.05, 0) is 54.1 Å². The predicted octanol–water partition coefficient (Wildman–Crippen LogP) is 7.40. The summed E-state index contributed by atoms with van der Waals surface area (Å²) in [7, 11) is 0. The highest BCUT2D eigenvalue weighted by Crippen LogP contribution is 2.37. The van der Waals surface area contributed by atoms with E-state index in [1.165, 1.54) is 0 Å². The van der Waals surface area contributed by atoms with Crippen molar-refractivity contribution in [3.05, 3.63) is 92.4 Å². The van der Waals surface area contributed by atoms with Gasteiger partial charge in [-0.3, -0.25) is 0 Å². The van der Waals surface area contributed by atoms with Crippen LogP contribution in [0.1, 0.15) is 11.6 Å². The van der Waals surface area contributed by atoms with E-state index in [-0.39, 0.29) is 12.1 Å². The normalized spacial score (nSPS) is 16.3. The van der Waals surface area contributed by atoms with Gasteiger partial charge in [0.25, 0.3) is 0 Å². The Bertz CT molecular complexity index is 1090. The zero-order valence-corrected chi connectivity index (χ0v) is 19.4. The Morgan fingerprint density at radius 3 is 2.26 bits per heavy atom. The number of carbonyl (C=O) groups is 1. The minimum atomic E-state index is -0.178. The number of benzene rings is 3. The molecule has 31 heavy (non-hydrogen) atoms. The molecule has 0 bridgehead atoms. The van der Waals surface area contributed by atoms with Crippen LogP contribution in [-0.2, 0) is 0 Å². The van der Waals surface area contributed by atoms with Gasteiger partial charge in [0.1, 0.15) is 0 Å². The molecule has 4 rings (SSSR count). The van der Waals surface area contributed by atoms with Crippen LogP contribution in [-0.4, -0.2) is 30.6 Å². The summed E-state index contributed by atoms with van der Waals surface area (Å²) in [5.74, 6) is 0. The zero-order valence-electron chi connectivity index (χ0n) is 16.4. The molecule has 1 heterocycles. The maximum Gasteiger partial charge on any atom is 0.321 e. The first-order valence-corrected chi connectivity index (χ1v) is 11.2. The van der Waals surface area contributed by atoms with Gasteiger partial charge in [0.2, 0.25) is 0 Å². The number of anilines is 2. The highest BCUT2D eigenvalue weighted by Gasteiger charge is 2.32. The van der Waals surface area contributed by atoms with E-state index in [0.29, 0.717) is 45.4 Å². The molecule has 0 saturated carbocycles. The fraction of sp³-hybridized carbons (Fsp3) is 0.174. The Hall–Kier alpha value is -2.11. The molecule has 3 aromatic carbocycles. The summed E-state index contributed by atoms with van der Waals surface area (Å²) in [6.45, 7) is 1.63. The Kier molecular flexibility index (Phi) is 6.83. The Balaban J connectivity index is 1.60. The second-order valence-electron chi connectivity index (χ2n) is 7.24. The summed E-state index contributed by atoms with van der Waals surface area (Å²) in [6, 6.07) is 19.9.